The van der Waals surface area contributed by atoms with Crippen molar-refractivity contribution in [2.75, 3.05) is 46.4 Å². The number of guanidine groups is 1. The molecule has 1 atom stereocenters. The minimum absolute atomic E-state index is 0. The van der Waals surface area contributed by atoms with Gasteiger partial charge in [-0.1, -0.05) is 0 Å². The lowest BCUT2D eigenvalue weighted by atomic mass is 10.2. The Hall–Kier alpha value is -0.940. The minimum atomic E-state index is 0. The van der Waals surface area contributed by atoms with Gasteiger partial charge in [0.2, 0.25) is 0 Å². The fourth-order valence-electron chi connectivity index (χ4n) is 3.76. The van der Waals surface area contributed by atoms with Crippen molar-refractivity contribution < 1.29 is 4.74 Å². The van der Waals surface area contributed by atoms with E-state index in [2.05, 4.69) is 25.3 Å². The number of nitrogens with zero attached hydrogens (tertiary/aromatic N) is 6. The first kappa shape index (κ1) is 22.4. The zero-order chi connectivity index (χ0) is 18.4. The third-order valence-corrected chi connectivity index (χ3v) is 5.48. The average molecular weight is 491 g/mol. The van der Waals surface area contributed by atoms with Crippen LogP contribution in [0.2, 0.25) is 0 Å². The van der Waals surface area contributed by atoms with E-state index in [0.717, 1.165) is 50.3 Å². The Balaban J connectivity index is 0.00000261. The fraction of sp³-hybridized carbons (Fsp3) is 0.833. The Morgan fingerprint density at radius 3 is 2.70 bits per heavy atom. The number of aliphatic imine (C=N–C) groups is 1. The molecule has 0 spiro atoms. The zero-order valence-electron chi connectivity index (χ0n) is 16.9. The van der Waals surface area contributed by atoms with Gasteiger partial charge in [0.25, 0.3) is 0 Å². The number of nitrogens with one attached hydrogen (secondary N) is 1. The van der Waals surface area contributed by atoms with Crippen molar-refractivity contribution in [1.82, 2.24) is 29.9 Å². The fourth-order valence-corrected chi connectivity index (χ4v) is 3.76. The molecule has 0 amide bonds. The van der Waals surface area contributed by atoms with Crippen LogP contribution in [0.25, 0.3) is 0 Å². The molecule has 2 saturated heterocycles. The van der Waals surface area contributed by atoms with Crippen LogP contribution in [0, 0.1) is 6.92 Å². The number of aromatic nitrogens is 3. The van der Waals surface area contributed by atoms with E-state index < -0.39 is 0 Å². The second-order valence-electron chi connectivity index (χ2n) is 7.27. The highest BCUT2D eigenvalue weighted by Crippen LogP contribution is 2.20. The van der Waals surface area contributed by atoms with Gasteiger partial charge in [0, 0.05) is 46.4 Å². The molecule has 3 rings (SSSR count). The molecule has 27 heavy (non-hydrogen) atoms. The molecule has 0 aromatic carbocycles. The summed E-state index contributed by atoms with van der Waals surface area (Å²) in [5.41, 5.74) is 0. The average Bonchev–Trinajstić information content (AvgIpc) is 3.38. The Morgan fingerprint density at radius 1 is 1.26 bits per heavy atom. The third kappa shape index (κ3) is 6.02. The van der Waals surface area contributed by atoms with Crippen LogP contribution in [0.15, 0.2) is 4.99 Å². The van der Waals surface area contributed by atoms with Gasteiger partial charge in [0.15, 0.2) is 11.8 Å². The normalized spacial score (nSPS) is 20.9. The number of halogens is 1. The minimum Gasteiger partial charge on any atom is -0.385 e. The van der Waals surface area contributed by atoms with Gasteiger partial charge in [-0.2, -0.15) is 0 Å². The van der Waals surface area contributed by atoms with Gasteiger partial charge in [0.1, 0.15) is 12.4 Å². The lowest BCUT2D eigenvalue weighted by Crippen LogP contribution is -2.43. The van der Waals surface area contributed by atoms with Gasteiger partial charge < -0.3 is 19.5 Å². The van der Waals surface area contributed by atoms with E-state index in [1.54, 1.807) is 7.11 Å². The molecular weight excluding hydrogens is 457 g/mol. The molecule has 0 saturated carbocycles. The molecule has 2 aliphatic heterocycles. The van der Waals surface area contributed by atoms with E-state index in [1.165, 1.54) is 32.4 Å². The predicted octanol–water partition coefficient (Wildman–Crippen LogP) is 1.39. The third-order valence-electron chi connectivity index (χ3n) is 5.48. The van der Waals surface area contributed by atoms with Gasteiger partial charge in [-0.3, -0.25) is 4.90 Å². The number of ether oxygens (including phenoxy) is 1. The molecule has 0 bridgehead atoms. The molecule has 9 heteroatoms. The van der Waals surface area contributed by atoms with Crippen LogP contribution in [0.3, 0.4) is 0 Å². The van der Waals surface area contributed by atoms with Crippen LogP contribution in [-0.2, 0) is 18.3 Å². The van der Waals surface area contributed by atoms with Crippen molar-refractivity contribution in [2.24, 2.45) is 12.0 Å². The quantitative estimate of drug-likeness (QED) is 0.269. The summed E-state index contributed by atoms with van der Waals surface area (Å²) in [6.45, 7) is 8.78. The largest absolute Gasteiger partial charge is 0.385 e. The van der Waals surface area contributed by atoms with E-state index in [9.17, 15) is 0 Å². The summed E-state index contributed by atoms with van der Waals surface area (Å²) in [6.07, 6.45) is 4.89. The van der Waals surface area contributed by atoms with E-state index in [4.69, 9.17) is 9.73 Å². The molecule has 2 fully saturated rings. The highest BCUT2D eigenvalue weighted by Gasteiger charge is 2.30. The standard InChI is InChI=1S/C18H33N7O.HI/c1-15-21-22-17(23(15)2)13-20-18(19-8-6-12-26-3)25-11-7-16(14-25)24-9-4-5-10-24;/h16H,4-14H2,1-3H3,(H,19,20);1H. The molecule has 0 radical (unpaired) electrons. The molecule has 1 aromatic rings. The monoisotopic (exact) mass is 491 g/mol. The van der Waals surface area contributed by atoms with Crippen LogP contribution in [-0.4, -0.2) is 83.0 Å². The van der Waals surface area contributed by atoms with Crippen molar-refractivity contribution in [3.63, 3.8) is 0 Å². The first-order valence-electron chi connectivity index (χ1n) is 9.80. The van der Waals surface area contributed by atoms with Crippen molar-refractivity contribution in [1.29, 1.82) is 0 Å². The highest BCUT2D eigenvalue weighted by molar-refractivity contribution is 14.0. The molecule has 0 aliphatic carbocycles. The highest BCUT2D eigenvalue weighted by atomic mass is 127. The summed E-state index contributed by atoms with van der Waals surface area (Å²) in [5, 5.41) is 11.9. The SMILES string of the molecule is COCCCNC(=NCc1nnc(C)n1C)N1CCC(N2CCCC2)C1.I. The molecule has 1 N–H and O–H groups in total. The summed E-state index contributed by atoms with van der Waals surface area (Å²) in [4.78, 5) is 9.91. The van der Waals surface area contributed by atoms with Crippen LogP contribution in [0.5, 0.6) is 0 Å². The van der Waals surface area contributed by atoms with Gasteiger partial charge in [-0.05, 0) is 45.7 Å². The summed E-state index contributed by atoms with van der Waals surface area (Å²) < 4.78 is 7.16. The van der Waals surface area contributed by atoms with Crippen molar-refractivity contribution >= 4 is 29.9 Å². The molecular formula is C18H34IN7O. The van der Waals surface area contributed by atoms with E-state index in [-0.39, 0.29) is 24.0 Å². The van der Waals surface area contributed by atoms with E-state index in [0.29, 0.717) is 12.6 Å². The zero-order valence-corrected chi connectivity index (χ0v) is 19.2. The molecule has 1 aromatic heterocycles. The van der Waals surface area contributed by atoms with Crippen molar-refractivity contribution in [3.8, 4) is 0 Å². The number of rotatable bonds is 7. The molecule has 1 unspecified atom stereocenters. The predicted molar refractivity (Wildman–Crippen MR) is 118 cm³/mol. The maximum Gasteiger partial charge on any atom is 0.194 e. The number of aryl methyl sites for hydroxylation is 1. The topological polar surface area (TPSA) is 70.8 Å². The van der Waals surface area contributed by atoms with E-state index >= 15 is 0 Å². The van der Waals surface area contributed by atoms with Crippen molar-refractivity contribution in [3.05, 3.63) is 11.6 Å². The Labute approximate surface area is 179 Å². The summed E-state index contributed by atoms with van der Waals surface area (Å²) in [5.74, 6) is 2.80. The first-order chi connectivity index (χ1) is 12.7. The van der Waals surface area contributed by atoms with Crippen molar-refractivity contribution in [2.45, 2.75) is 45.2 Å². The number of likely N-dealkylation sites (tertiary alicyclic amines) is 2. The van der Waals surface area contributed by atoms with Crippen LogP contribution >= 0.6 is 24.0 Å². The van der Waals surface area contributed by atoms with Gasteiger partial charge in [0.05, 0.1) is 0 Å². The Morgan fingerprint density at radius 2 is 2.04 bits per heavy atom. The maximum atomic E-state index is 5.16. The molecule has 154 valence electrons. The van der Waals surface area contributed by atoms with Crippen LogP contribution in [0.4, 0.5) is 0 Å². The second-order valence-corrected chi connectivity index (χ2v) is 7.27. The lowest BCUT2D eigenvalue weighted by Gasteiger charge is -2.25. The lowest BCUT2D eigenvalue weighted by molar-refractivity contribution is 0.195. The molecule has 2 aliphatic rings. The summed E-state index contributed by atoms with van der Waals surface area (Å²) in [7, 11) is 3.73. The number of methoxy groups -OCH3 is 1. The molecule has 3 heterocycles. The van der Waals surface area contributed by atoms with E-state index in [1.807, 2.05) is 18.5 Å². The van der Waals surface area contributed by atoms with Gasteiger partial charge >= 0.3 is 0 Å². The number of hydrogen-bond acceptors (Lipinski definition) is 5. The smallest absolute Gasteiger partial charge is 0.194 e. The summed E-state index contributed by atoms with van der Waals surface area (Å²) in [6, 6.07) is 0.667. The summed E-state index contributed by atoms with van der Waals surface area (Å²) >= 11 is 0. The van der Waals surface area contributed by atoms with Gasteiger partial charge in [-0.15, -0.1) is 34.2 Å². The first-order valence-corrected chi connectivity index (χ1v) is 9.80. The van der Waals surface area contributed by atoms with Crippen LogP contribution < -0.4 is 5.32 Å². The Kier molecular flexibility index (Phi) is 9.24. The molecule has 8 nitrogen and oxygen atoms in total. The number of hydrogen-bond donors (Lipinski definition) is 1. The second kappa shape index (κ2) is 11.2. The van der Waals surface area contributed by atoms with Crippen LogP contribution in [0.1, 0.15) is 37.3 Å². The van der Waals surface area contributed by atoms with Gasteiger partial charge in [-0.25, -0.2) is 4.99 Å². The maximum absolute atomic E-state index is 5.16. The Bertz CT molecular complexity index is 601.